The van der Waals surface area contributed by atoms with Crippen molar-refractivity contribution in [3.05, 3.63) is 29.8 Å². The van der Waals surface area contributed by atoms with Crippen LogP contribution >= 0.6 is 8.77 Å². The van der Waals surface area contributed by atoms with Gasteiger partial charge in [-0.05, 0) is 19.1 Å². The lowest BCUT2D eigenvalue weighted by Gasteiger charge is -2.01. The zero-order valence-corrected chi connectivity index (χ0v) is 6.82. The Hall–Kier alpha value is -0.690. The molecule has 0 heterocycles. The van der Waals surface area contributed by atoms with Crippen molar-refractivity contribution in [2.45, 2.75) is 6.92 Å². The van der Waals surface area contributed by atoms with E-state index in [9.17, 15) is 8.39 Å². The Balaban J connectivity index is 2.66. The summed E-state index contributed by atoms with van der Waals surface area (Å²) in [6.07, 6.45) is 0. The van der Waals surface area contributed by atoms with Crippen LogP contribution in [0.4, 0.5) is 8.39 Å². The van der Waals surface area contributed by atoms with Crippen molar-refractivity contribution in [2.75, 3.05) is 0 Å². The predicted octanol–water partition coefficient (Wildman–Crippen LogP) is 3.54. The molecule has 0 aliphatic carbocycles. The molecule has 0 radical (unpaired) electrons. The first-order valence-electron chi connectivity index (χ1n) is 3.05. The van der Waals surface area contributed by atoms with Crippen LogP contribution in [-0.4, -0.2) is 0 Å². The topological polar surface area (TPSA) is 9.23 Å². The van der Waals surface area contributed by atoms with Gasteiger partial charge >= 0.3 is 8.77 Å². The molecular weight excluding hydrogens is 169 g/mol. The maximum Gasteiger partial charge on any atom is 0.481 e. The molecule has 4 heteroatoms. The third-order valence-corrected chi connectivity index (χ3v) is 1.54. The van der Waals surface area contributed by atoms with Crippen LogP contribution in [0.15, 0.2) is 24.3 Å². The average Bonchev–Trinajstić information content (AvgIpc) is 1.93. The molecule has 0 fully saturated rings. The second-order valence-electron chi connectivity index (χ2n) is 2.11. The van der Waals surface area contributed by atoms with Crippen LogP contribution in [-0.2, 0) is 0 Å². The Labute approximate surface area is 65.1 Å². The van der Waals surface area contributed by atoms with E-state index >= 15 is 0 Å². The second kappa shape index (κ2) is 3.63. The average molecular weight is 176 g/mol. The molecule has 0 N–H and O–H groups in total. The zero-order valence-electron chi connectivity index (χ0n) is 5.92. The monoisotopic (exact) mass is 176 g/mol. The summed E-state index contributed by atoms with van der Waals surface area (Å²) in [5.74, 6) is 0.228. The van der Waals surface area contributed by atoms with E-state index in [0.29, 0.717) is 0 Å². The van der Waals surface area contributed by atoms with Gasteiger partial charge in [-0.15, -0.1) is 8.39 Å². The van der Waals surface area contributed by atoms with E-state index in [4.69, 9.17) is 0 Å². The molecule has 60 valence electrons. The van der Waals surface area contributed by atoms with Crippen LogP contribution in [0.2, 0.25) is 0 Å². The third-order valence-electron chi connectivity index (χ3n) is 1.20. The SMILES string of the molecule is Cc1ccc(OP(F)F)cc1. The number of halogens is 2. The molecular formula is C7H7F2OP. The van der Waals surface area contributed by atoms with Crippen LogP contribution in [0, 0.1) is 6.92 Å². The van der Waals surface area contributed by atoms with E-state index in [2.05, 4.69) is 4.52 Å². The lowest BCUT2D eigenvalue weighted by Crippen LogP contribution is -1.78. The summed E-state index contributed by atoms with van der Waals surface area (Å²) in [7, 11) is -3.29. The molecule has 0 aromatic heterocycles. The minimum atomic E-state index is -3.29. The van der Waals surface area contributed by atoms with E-state index < -0.39 is 8.77 Å². The Morgan fingerprint density at radius 3 is 2.18 bits per heavy atom. The molecule has 0 bridgehead atoms. The van der Waals surface area contributed by atoms with Crippen molar-refractivity contribution in [1.29, 1.82) is 0 Å². The van der Waals surface area contributed by atoms with Crippen molar-refractivity contribution < 1.29 is 12.9 Å². The number of hydrogen-bond donors (Lipinski definition) is 0. The summed E-state index contributed by atoms with van der Waals surface area (Å²) in [6, 6.07) is 6.52. The zero-order chi connectivity index (χ0) is 8.27. The van der Waals surface area contributed by atoms with Gasteiger partial charge in [0.15, 0.2) is 0 Å². The predicted molar refractivity (Wildman–Crippen MR) is 40.9 cm³/mol. The lowest BCUT2D eigenvalue weighted by molar-refractivity contribution is 0.507. The van der Waals surface area contributed by atoms with Gasteiger partial charge in [-0.3, -0.25) is 0 Å². The van der Waals surface area contributed by atoms with Crippen LogP contribution < -0.4 is 4.52 Å². The molecule has 0 saturated heterocycles. The minimum absolute atomic E-state index is 0.228. The summed E-state index contributed by atoms with van der Waals surface area (Å²) >= 11 is 0. The molecule has 0 aliphatic rings. The highest BCUT2D eigenvalue weighted by Crippen LogP contribution is 2.40. The number of benzene rings is 1. The molecule has 0 amide bonds. The highest BCUT2D eigenvalue weighted by molar-refractivity contribution is 7.41. The molecule has 0 unspecified atom stereocenters. The molecule has 0 saturated carbocycles. The smallest absolute Gasteiger partial charge is 0.421 e. The molecule has 1 aromatic rings. The summed E-state index contributed by atoms with van der Waals surface area (Å²) in [5.41, 5.74) is 1.03. The van der Waals surface area contributed by atoms with Gasteiger partial charge in [-0.25, -0.2) is 0 Å². The van der Waals surface area contributed by atoms with Gasteiger partial charge in [0, 0.05) is 0 Å². The Bertz CT molecular complexity index is 222. The fourth-order valence-electron chi connectivity index (χ4n) is 0.679. The van der Waals surface area contributed by atoms with E-state index in [1.807, 2.05) is 6.92 Å². The molecule has 11 heavy (non-hydrogen) atoms. The van der Waals surface area contributed by atoms with Crippen molar-refractivity contribution in [3.63, 3.8) is 0 Å². The summed E-state index contributed by atoms with van der Waals surface area (Å²) in [5, 5.41) is 0. The van der Waals surface area contributed by atoms with Gasteiger partial charge in [0.2, 0.25) is 0 Å². The summed E-state index contributed by atoms with van der Waals surface area (Å²) < 4.78 is 27.5. The van der Waals surface area contributed by atoms with E-state index in [1.165, 1.54) is 12.1 Å². The molecule has 1 rings (SSSR count). The molecule has 0 atom stereocenters. The van der Waals surface area contributed by atoms with Gasteiger partial charge in [-0.2, -0.15) is 0 Å². The summed E-state index contributed by atoms with van der Waals surface area (Å²) in [6.45, 7) is 1.89. The fourth-order valence-corrected chi connectivity index (χ4v) is 0.960. The largest absolute Gasteiger partial charge is 0.481 e. The van der Waals surface area contributed by atoms with E-state index in [-0.39, 0.29) is 5.75 Å². The quantitative estimate of drug-likeness (QED) is 0.626. The van der Waals surface area contributed by atoms with Crippen LogP contribution in [0.1, 0.15) is 5.56 Å². The Kier molecular flexibility index (Phi) is 2.77. The van der Waals surface area contributed by atoms with Gasteiger partial charge in [0.25, 0.3) is 0 Å². The first-order valence-corrected chi connectivity index (χ1v) is 4.09. The van der Waals surface area contributed by atoms with Gasteiger partial charge in [0.1, 0.15) is 5.75 Å². The Morgan fingerprint density at radius 1 is 1.18 bits per heavy atom. The van der Waals surface area contributed by atoms with E-state index in [0.717, 1.165) is 5.56 Å². The maximum atomic E-state index is 11.7. The van der Waals surface area contributed by atoms with Crippen molar-refractivity contribution in [3.8, 4) is 5.75 Å². The lowest BCUT2D eigenvalue weighted by atomic mass is 10.2. The molecule has 1 aromatic carbocycles. The summed E-state index contributed by atoms with van der Waals surface area (Å²) in [4.78, 5) is 0. The highest BCUT2D eigenvalue weighted by atomic mass is 31.2. The second-order valence-corrected chi connectivity index (χ2v) is 2.69. The first-order chi connectivity index (χ1) is 5.18. The molecule has 0 spiro atoms. The highest BCUT2D eigenvalue weighted by Gasteiger charge is 2.05. The third kappa shape index (κ3) is 2.81. The van der Waals surface area contributed by atoms with Gasteiger partial charge < -0.3 is 4.52 Å². The number of aryl methyl sites for hydroxylation is 1. The molecule has 0 aliphatic heterocycles. The van der Waals surface area contributed by atoms with Crippen LogP contribution in [0.5, 0.6) is 5.75 Å². The van der Waals surface area contributed by atoms with E-state index in [1.54, 1.807) is 12.1 Å². The van der Waals surface area contributed by atoms with Gasteiger partial charge in [0.05, 0.1) is 0 Å². The number of hydrogen-bond acceptors (Lipinski definition) is 1. The normalized spacial score (nSPS) is 10.2. The maximum absolute atomic E-state index is 11.7. The fraction of sp³-hybridized carbons (Fsp3) is 0.143. The minimum Gasteiger partial charge on any atom is -0.421 e. The standard InChI is InChI=1S/C7H7F2OP/c1-6-2-4-7(5-3-6)10-11(8)9/h2-5H,1H3. The van der Waals surface area contributed by atoms with Crippen LogP contribution in [0.3, 0.4) is 0 Å². The van der Waals surface area contributed by atoms with Gasteiger partial charge in [-0.1, -0.05) is 17.7 Å². The first kappa shape index (κ1) is 8.41. The van der Waals surface area contributed by atoms with Crippen molar-refractivity contribution in [2.24, 2.45) is 0 Å². The Morgan fingerprint density at radius 2 is 1.73 bits per heavy atom. The van der Waals surface area contributed by atoms with Crippen LogP contribution in [0.25, 0.3) is 0 Å². The molecule has 1 nitrogen and oxygen atoms in total. The van der Waals surface area contributed by atoms with Crippen molar-refractivity contribution >= 4 is 8.77 Å². The van der Waals surface area contributed by atoms with Crippen molar-refractivity contribution in [1.82, 2.24) is 0 Å². The number of rotatable bonds is 2.